The fourth-order valence-electron chi connectivity index (χ4n) is 1.28. The zero-order valence-electron chi connectivity index (χ0n) is 12.5. The Morgan fingerprint density at radius 2 is 1.69 bits per heavy atom. The highest BCUT2D eigenvalue weighted by atomic mass is 28.4. The van der Waals surface area contributed by atoms with Crippen LogP contribution in [-0.2, 0) is 4.43 Å². The number of hydrogen-bond donors (Lipinski definition) is 1. The SMILES string of the molecule is CCC(CO[Si](C)(C)C(C)(C)C)NC(C)C. The van der Waals surface area contributed by atoms with Gasteiger partial charge in [-0.25, -0.2) is 0 Å². The van der Waals surface area contributed by atoms with Gasteiger partial charge in [0.2, 0.25) is 0 Å². The summed E-state index contributed by atoms with van der Waals surface area (Å²) in [5.74, 6) is 0. The van der Waals surface area contributed by atoms with Gasteiger partial charge in [-0.15, -0.1) is 0 Å². The second-order valence-electron chi connectivity index (χ2n) is 6.50. The highest BCUT2D eigenvalue weighted by Gasteiger charge is 2.37. The van der Waals surface area contributed by atoms with Crippen LogP contribution in [0, 0.1) is 0 Å². The Balaban J connectivity index is 4.20. The first-order valence-electron chi connectivity index (χ1n) is 6.50. The van der Waals surface area contributed by atoms with E-state index in [1.807, 2.05) is 0 Å². The number of rotatable bonds is 6. The molecular formula is C13H31NOSi. The largest absolute Gasteiger partial charge is 0.415 e. The van der Waals surface area contributed by atoms with Crippen LogP contribution in [0.1, 0.15) is 48.0 Å². The van der Waals surface area contributed by atoms with Gasteiger partial charge in [0.1, 0.15) is 0 Å². The molecule has 0 radical (unpaired) electrons. The third-order valence-electron chi connectivity index (χ3n) is 3.51. The van der Waals surface area contributed by atoms with Crippen molar-refractivity contribution in [2.75, 3.05) is 6.61 Å². The smallest absolute Gasteiger partial charge is 0.192 e. The molecule has 0 saturated carbocycles. The standard InChI is InChI=1S/C13H31NOSi/c1-9-12(14-11(2)3)10-15-16(7,8)13(4,5)6/h11-12,14H,9-10H2,1-8H3. The molecule has 0 bridgehead atoms. The maximum atomic E-state index is 6.22. The summed E-state index contributed by atoms with van der Waals surface area (Å²) >= 11 is 0. The zero-order valence-corrected chi connectivity index (χ0v) is 13.5. The van der Waals surface area contributed by atoms with Gasteiger partial charge in [0.25, 0.3) is 0 Å². The fourth-order valence-corrected chi connectivity index (χ4v) is 2.33. The first-order valence-corrected chi connectivity index (χ1v) is 9.41. The van der Waals surface area contributed by atoms with Crippen LogP contribution in [0.15, 0.2) is 0 Å². The Morgan fingerprint density at radius 3 is 2.00 bits per heavy atom. The zero-order chi connectivity index (χ0) is 13.0. The second kappa shape index (κ2) is 6.17. The second-order valence-corrected chi connectivity index (χ2v) is 11.3. The third kappa shape index (κ3) is 5.46. The Labute approximate surface area is 103 Å². The molecule has 0 amide bonds. The van der Waals surface area contributed by atoms with Gasteiger partial charge in [-0.2, -0.15) is 0 Å². The molecule has 0 aromatic rings. The highest BCUT2D eigenvalue weighted by Crippen LogP contribution is 2.36. The Kier molecular flexibility index (Phi) is 6.23. The number of hydrogen-bond acceptors (Lipinski definition) is 2. The third-order valence-corrected chi connectivity index (χ3v) is 8.01. The van der Waals surface area contributed by atoms with Crippen molar-refractivity contribution in [2.45, 2.75) is 78.2 Å². The molecule has 16 heavy (non-hydrogen) atoms. The summed E-state index contributed by atoms with van der Waals surface area (Å²) in [5.41, 5.74) is 0. The molecule has 1 N–H and O–H groups in total. The molecule has 0 rings (SSSR count). The molecule has 0 aromatic carbocycles. The van der Waals surface area contributed by atoms with Crippen LogP contribution < -0.4 is 5.32 Å². The van der Waals surface area contributed by atoms with Crippen molar-refractivity contribution >= 4 is 8.32 Å². The molecule has 0 aliphatic carbocycles. The minimum Gasteiger partial charge on any atom is -0.415 e. The molecule has 98 valence electrons. The van der Waals surface area contributed by atoms with E-state index >= 15 is 0 Å². The van der Waals surface area contributed by atoms with Crippen molar-refractivity contribution in [3.63, 3.8) is 0 Å². The summed E-state index contributed by atoms with van der Waals surface area (Å²) in [4.78, 5) is 0. The van der Waals surface area contributed by atoms with Crippen molar-refractivity contribution in [2.24, 2.45) is 0 Å². The molecule has 0 fully saturated rings. The Bertz CT molecular complexity index is 197. The Morgan fingerprint density at radius 1 is 1.19 bits per heavy atom. The highest BCUT2D eigenvalue weighted by molar-refractivity contribution is 6.74. The first kappa shape index (κ1) is 16.1. The van der Waals surface area contributed by atoms with E-state index in [9.17, 15) is 0 Å². The molecule has 2 nitrogen and oxygen atoms in total. The van der Waals surface area contributed by atoms with Crippen LogP contribution in [0.25, 0.3) is 0 Å². The Hall–Kier alpha value is 0.137. The minimum absolute atomic E-state index is 0.309. The van der Waals surface area contributed by atoms with Crippen molar-refractivity contribution in [3.8, 4) is 0 Å². The molecule has 0 aliphatic heterocycles. The van der Waals surface area contributed by atoms with Gasteiger partial charge >= 0.3 is 0 Å². The van der Waals surface area contributed by atoms with Gasteiger partial charge in [0.15, 0.2) is 8.32 Å². The molecular weight excluding hydrogens is 214 g/mol. The predicted molar refractivity (Wildman–Crippen MR) is 75.5 cm³/mol. The van der Waals surface area contributed by atoms with Crippen LogP contribution in [0.5, 0.6) is 0 Å². The minimum atomic E-state index is -1.57. The van der Waals surface area contributed by atoms with Crippen molar-refractivity contribution in [3.05, 3.63) is 0 Å². The van der Waals surface area contributed by atoms with Gasteiger partial charge < -0.3 is 9.74 Å². The summed E-state index contributed by atoms with van der Waals surface area (Å²) in [7, 11) is -1.57. The van der Waals surface area contributed by atoms with E-state index in [4.69, 9.17) is 4.43 Å². The summed E-state index contributed by atoms with van der Waals surface area (Å²) in [6, 6.07) is 1.03. The lowest BCUT2D eigenvalue weighted by Crippen LogP contribution is -2.46. The van der Waals surface area contributed by atoms with E-state index in [1.165, 1.54) is 0 Å². The van der Waals surface area contributed by atoms with Gasteiger partial charge in [-0.05, 0) is 24.6 Å². The summed E-state index contributed by atoms with van der Waals surface area (Å²) in [6.45, 7) is 18.9. The maximum Gasteiger partial charge on any atom is 0.192 e. The van der Waals surface area contributed by atoms with Crippen LogP contribution in [0.4, 0.5) is 0 Å². The van der Waals surface area contributed by atoms with Gasteiger partial charge in [-0.3, -0.25) is 0 Å². The lowest BCUT2D eigenvalue weighted by Gasteiger charge is -2.37. The van der Waals surface area contributed by atoms with Crippen LogP contribution in [0.2, 0.25) is 18.1 Å². The summed E-state index contributed by atoms with van der Waals surface area (Å²) in [5, 5.41) is 3.86. The fraction of sp³-hybridized carbons (Fsp3) is 1.00. The molecule has 0 aliphatic rings. The average Bonchev–Trinajstić information content (AvgIpc) is 2.09. The topological polar surface area (TPSA) is 21.3 Å². The predicted octanol–water partition coefficient (Wildman–Crippen LogP) is 3.78. The van der Waals surface area contributed by atoms with Gasteiger partial charge in [0, 0.05) is 18.7 Å². The van der Waals surface area contributed by atoms with Crippen LogP contribution in [-0.4, -0.2) is 27.0 Å². The van der Waals surface area contributed by atoms with Gasteiger partial charge in [0.05, 0.1) is 0 Å². The molecule has 0 spiro atoms. The molecule has 0 saturated heterocycles. The van der Waals surface area contributed by atoms with E-state index < -0.39 is 8.32 Å². The van der Waals surface area contributed by atoms with Crippen molar-refractivity contribution in [1.29, 1.82) is 0 Å². The summed E-state index contributed by atoms with van der Waals surface area (Å²) in [6.07, 6.45) is 1.13. The van der Waals surface area contributed by atoms with Crippen molar-refractivity contribution < 1.29 is 4.43 Å². The molecule has 3 heteroatoms. The molecule has 0 aromatic heterocycles. The lowest BCUT2D eigenvalue weighted by atomic mass is 10.2. The average molecular weight is 245 g/mol. The maximum absolute atomic E-state index is 6.22. The molecule has 0 heterocycles. The first-order chi connectivity index (χ1) is 7.10. The normalized spacial score (nSPS) is 15.6. The van der Waals surface area contributed by atoms with E-state index in [2.05, 4.69) is 60.0 Å². The van der Waals surface area contributed by atoms with E-state index in [0.717, 1.165) is 13.0 Å². The lowest BCUT2D eigenvalue weighted by molar-refractivity contribution is 0.232. The molecule has 1 atom stereocenters. The van der Waals surface area contributed by atoms with Crippen molar-refractivity contribution in [1.82, 2.24) is 5.32 Å². The quantitative estimate of drug-likeness (QED) is 0.719. The van der Waals surface area contributed by atoms with Crippen LogP contribution in [0.3, 0.4) is 0 Å². The van der Waals surface area contributed by atoms with Gasteiger partial charge in [-0.1, -0.05) is 41.5 Å². The summed E-state index contributed by atoms with van der Waals surface area (Å²) < 4.78 is 6.22. The van der Waals surface area contributed by atoms with E-state index in [-0.39, 0.29) is 0 Å². The number of nitrogens with one attached hydrogen (secondary N) is 1. The monoisotopic (exact) mass is 245 g/mol. The van der Waals surface area contributed by atoms with E-state index in [0.29, 0.717) is 17.1 Å². The van der Waals surface area contributed by atoms with Crippen LogP contribution >= 0.6 is 0 Å². The van der Waals surface area contributed by atoms with E-state index in [1.54, 1.807) is 0 Å². The molecule has 1 unspecified atom stereocenters.